The van der Waals surface area contributed by atoms with Crippen LogP contribution in [0, 0.1) is 0 Å². The fourth-order valence-corrected chi connectivity index (χ4v) is 3.02. The van der Waals surface area contributed by atoms with Gasteiger partial charge in [-0.1, -0.05) is 65.7 Å². The molecule has 4 aromatic rings. The van der Waals surface area contributed by atoms with Crippen LogP contribution in [-0.2, 0) is 0 Å². The van der Waals surface area contributed by atoms with Crippen molar-refractivity contribution in [2.75, 3.05) is 0 Å². The molecule has 4 rings (SSSR count). The van der Waals surface area contributed by atoms with E-state index in [1.165, 1.54) is 0 Å². The van der Waals surface area contributed by atoms with Crippen LogP contribution in [0.15, 0.2) is 83.3 Å². The van der Waals surface area contributed by atoms with Gasteiger partial charge in [-0.15, -0.1) is 10.2 Å². The minimum absolute atomic E-state index is 0.196. The second-order valence-corrected chi connectivity index (χ2v) is 6.85. The second-order valence-electron chi connectivity index (χ2n) is 5.98. The van der Waals surface area contributed by atoms with Crippen molar-refractivity contribution in [3.63, 3.8) is 0 Å². The van der Waals surface area contributed by atoms with Gasteiger partial charge in [0.15, 0.2) is 5.83 Å². The van der Waals surface area contributed by atoms with Gasteiger partial charge in [0.25, 0.3) is 5.89 Å². The van der Waals surface area contributed by atoms with E-state index < -0.39 is 5.83 Å². The third kappa shape index (κ3) is 3.84. The van der Waals surface area contributed by atoms with Crippen LogP contribution in [0.1, 0.15) is 17.0 Å². The van der Waals surface area contributed by atoms with Gasteiger partial charge in [-0.05, 0) is 47.5 Å². The van der Waals surface area contributed by atoms with Gasteiger partial charge in [0.1, 0.15) is 0 Å². The summed E-state index contributed by atoms with van der Waals surface area (Å²) >= 11 is 12.0. The molecule has 1 heterocycles. The highest BCUT2D eigenvalue weighted by Gasteiger charge is 2.20. The van der Waals surface area contributed by atoms with Gasteiger partial charge in [-0.25, -0.2) is 4.39 Å². The van der Waals surface area contributed by atoms with Crippen LogP contribution < -0.4 is 0 Å². The standard InChI is InChI=1S/C22H13Cl2FN2O/c23-17-10-6-14(7-11-17)19(15-8-12-18(24)13-9-15)20(25)22-27-26-21(28-22)16-4-2-1-3-5-16/h1-13H. The summed E-state index contributed by atoms with van der Waals surface area (Å²) < 4.78 is 21.1. The van der Waals surface area contributed by atoms with E-state index in [9.17, 15) is 0 Å². The Hall–Kier alpha value is -2.95. The summed E-state index contributed by atoms with van der Waals surface area (Å²) in [4.78, 5) is 0. The molecule has 0 N–H and O–H groups in total. The predicted molar refractivity (Wildman–Crippen MR) is 110 cm³/mol. The average molecular weight is 411 g/mol. The van der Waals surface area contributed by atoms with Gasteiger partial charge in [0, 0.05) is 21.2 Å². The maximum Gasteiger partial charge on any atom is 0.277 e. The molecule has 0 unspecified atom stereocenters. The molecule has 0 aliphatic carbocycles. The predicted octanol–water partition coefficient (Wildman–Crippen LogP) is 6.93. The highest BCUT2D eigenvalue weighted by molar-refractivity contribution is 6.31. The first-order valence-electron chi connectivity index (χ1n) is 8.43. The zero-order valence-corrected chi connectivity index (χ0v) is 16.0. The lowest BCUT2D eigenvalue weighted by molar-refractivity contribution is 0.530. The Morgan fingerprint density at radius 2 is 1.25 bits per heavy atom. The van der Waals surface area contributed by atoms with Crippen molar-refractivity contribution in [2.45, 2.75) is 0 Å². The Morgan fingerprint density at radius 3 is 1.79 bits per heavy atom. The molecule has 28 heavy (non-hydrogen) atoms. The Bertz CT molecular complexity index is 1070. The number of nitrogens with zero attached hydrogens (tertiary/aromatic N) is 2. The minimum Gasteiger partial charge on any atom is -0.414 e. The molecule has 0 atom stereocenters. The Balaban J connectivity index is 1.85. The maximum absolute atomic E-state index is 15.5. The van der Waals surface area contributed by atoms with Crippen molar-refractivity contribution in [2.24, 2.45) is 0 Å². The number of aromatic nitrogens is 2. The van der Waals surface area contributed by atoms with Crippen LogP contribution in [0.5, 0.6) is 0 Å². The van der Waals surface area contributed by atoms with Crippen LogP contribution in [-0.4, -0.2) is 10.2 Å². The van der Waals surface area contributed by atoms with Crippen molar-refractivity contribution in [3.8, 4) is 11.5 Å². The third-order valence-electron chi connectivity index (χ3n) is 4.12. The third-order valence-corrected chi connectivity index (χ3v) is 4.62. The first-order valence-corrected chi connectivity index (χ1v) is 9.18. The molecule has 6 heteroatoms. The largest absolute Gasteiger partial charge is 0.414 e. The smallest absolute Gasteiger partial charge is 0.277 e. The maximum atomic E-state index is 15.5. The average Bonchev–Trinajstić information content (AvgIpc) is 3.22. The Morgan fingerprint density at radius 1 is 0.714 bits per heavy atom. The van der Waals surface area contributed by atoms with E-state index in [1.54, 1.807) is 48.5 Å². The van der Waals surface area contributed by atoms with E-state index in [2.05, 4.69) is 10.2 Å². The van der Waals surface area contributed by atoms with Crippen molar-refractivity contribution < 1.29 is 8.81 Å². The van der Waals surface area contributed by atoms with Gasteiger partial charge in [-0.3, -0.25) is 0 Å². The summed E-state index contributed by atoms with van der Waals surface area (Å²) in [5.41, 5.74) is 2.29. The molecule has 138 valence electrons. The lowest BCUT2D eigenvalue weighted by Crippen LogP contribution is -1.92. The lowest BCUT2D eigenvalue weighted by Gasteiger charge is -2.09. The molecule has 0 aliphatic heterocycles. The van der Waals surface area contributed by atoms with Crippen LogP contribution >= 0.6 is 23.2 Å². The first kappa shape index (κ1) is 18.4. The molecule has 1 aromatic heterocycles. The zero-order valence-electron chi connectivity index (χ0n) is 14.4. The van der Waals surface area contributed by atoms with E-state index >= 15 is 4.39 Å². The van der Waals surface area contributed by atoms with Crippen LogP contribution in [0.25, 0.3) is 22.9 Å². The first-order chi connectivity index (χ1) is 13.6. The Kier molecular flexibility index (Phi) is 5.24. The number of hydrogen-bond acceptors (Lipinski definition) is 3. The molecule has 0 fully saturated rings. The lowest BCUT2D eigenvalue weighted by atomic mass is 9.97. The number of halogens is 3. The molecular formula is C22H13Cl2FN2O. The van der Waals surface area contributed by atoms with Gasteiger partial charge in [0.2, 0.25) is 5.89 Å². The minimum atomic E-state index is -0.626. The van der Waals surface area contributed by atoms with Crippen molar-refractivity contribution in [1.29, 1.82) is 0 Å². The topological polar surface area (TPSA) is 38.9 Å². The van der Waals surface area contributed by atoms with Gasteiger partial charge < -0.3 is 4.42 Å². The quantitative estimate of drug-likeness (QED) is 0.366. The molecule has 3 nitrogen and oxygen atoms in total. The fraction of sp³-hybridized carbons (Fsp3) is 0. The van der Waals surface area contributed by atoms with Crippen LogP contribution in [0.4, 0.5) is 4.39 Å². The molecule has 0 spiro atoms. The highest BCUT2D eigenvalue weighted by Crippen LogP contribution is 2.34. The molecule has 3 aromatic carbocycles. The number of rotatable bonds is 4. The zero-order chi connectivity index (χ0) is 19.5. The van der Waals surface area contributed by atoms with E-state index in [0.717, 1.165) is 0 Å². The fourth-order valence-electron chi connectivity index (χ4n) is 2.77. The molecule has 0 saturated heterocycles. The molecule has 0 bridgehead atoms. The monoisotopic (exact) mass is 410 g/mol. The second kappa shape index (κ2) is 7.97. The highest BCUT2D eigenvalue weighted by atomic mass is 35.5. The van der Waals surface area contributed by atoms with Crippen molar-refractivity contribution in [1.82, 2.24) is 10.2 Å². The van der Waals surface area contributed by atoms with Gasteiger partial charge >= 0.3 is 0 Å². The Labute approximate surface area is 171 Å². The summed E-state index contributed by atoms with van der Waals surface area (Å²) in [7, 11) is 0. The number of benzene rings is 3. The molecule has 0 amide bonds. The van der Waals surface area contributed by atoms with Crippen molar-refractivity contribution >= 4 is 34.6 Å². The van der Waals surface area contributed by atoms with E-state index in [1.807, 2.05) is 30.3 Å². The summed E-state index contributed by atoms with van der Waals surface area (Å²) in [6.07, 6.45) is 0. The molecule has 0 aliphatic rings. The van der Waals surface area contributed by atoms with Crippen molar-refractivity contribution in [3.05, 3.63) is 106 Å². The SMILES string of the molecule is FC(=C(c1ccc(Cl)cc1)c1ccc(Cl)cc1)c1nnc(-c2ccccc2)o1. The molecule has 0 radical (unpaired) electrons. The number of hydrogen-bond donors (Lipinski definition) is 0. The van der Waals surface area contributed by atoms with E-state index in [4.69, 9.17) is 27.6 Å². The summed E-state index contributed by atoms with van der Waals surface area (Å²) in [6.45, 7) is 0. The molecular weight excluding hydrogens is 398 g/mol. The van der Waals surface area contributed by atoms with E-state index in [0.29, 0.717) is 32.3 Å². The van der Waals surface area contributed by atoms with Crippen LogP contribution in [0.2, 0.25) is 10.0 Å². The van der Waals surface area contributed by atoms with Crippen LogP contribution in [0.3, 0.4) is 0 Å². The summed E-state index contributed by atoms with van der Waals surface area (Å²) in [5.74, 6) is -0.574. The van der Waals surface area contributed by atoms with E-state index in [-0.39, 0.29) is 11.8 Å². The van der Waals surface area contributed by atoms with Gasteiger partial charge in [-0.2, -0.15) is 0 Å². The molecule has 0 saturated carbocycles. The summed E-state index contributed by atoms with van der Waals surface area (Å²) in [6, 6.07) is 22.9. The summed E-state index contributed by atoms with van der Waals surface area (Å²) in [5, 5.41) is 8.99. The van der Waals surface area contributed by atoms with Gasteiger partial charge in [0.05, 0.1) is 0 Å². The normalized spacial score (nSPS) is 10.7.